The summed E-state index contributed by atoms with van der Waals surface area (Å²) in [4.78, 5) is 32.0. The van der Waals surface area contributed by atoms with E-state index in [2.05, 4.69) is 10.3 Å². The topological polar surface area (TPSA) is 88.9 Å². The van der Waals surface area contributed by atoms with Crippen molar-refractivity contribution in [1.29, 1.82) is 0 Å². The molecule has 1 N–H and O–H groups in total. The van der Waals surface area contributed by atoms with Crippen LogP contribution in [0.5, 0.6) is 11.5 Å². The molecule has 0 spiro atoms. The minimum Gasteiger partial charge on any atom is -0.493 e. The predicted octanol–water partition coefficient (Wildman–Crippen LogP) is 1.35. The lowest BCUT2D eigenvalue weighted by Gasteiger charge is -2.19. The molecule has 0 aliphatic carbocycles. The second-order valence-corrected chi connectivity index (χ2v) is 6.40. The number of hydrogen-bond donors (Lipinski definition) is 1. The zero-order chi connectivity index (χ0) is 19.9. The number of methoxy groups -OCH3 is 2. The quantitative estimate of drug-likeness (QED) is 0.656. The number of rotatable bonds is 9. The highest BCUT2D eigenvalue weighted by atomic mass is 16.5. The number of nitrogens with one attached hydrogen (secondary N) is 1. The average Bonchev–Trinajstić information content (AvgIpc) is 3.35. The molecule has 2 aromatic rings. The molecule has 0 atom stereocenters. The highest BCUT2D eigenvalue weighted by molar-refractivity contribution is 5.96. The molecule has 3 amide bonds. The molecular weight excluding hydrogens is 362 g/mol. The van der Waals surface area contributed by atoms with Crippen molar-refractivity contribution in [3.05, 3.63) is 36.9 Å². The standard InChI is InChI=1S/C19H25N5O4/c1-27-16-5-4-15(12-17(16)28-2)24-11-10-23(19(24)26)13-18(25)21-6-3-8-22-9-7-20-14-22/h4-5,7,9,12,14H,3,6,8,10-11,13H2,1-2H3,(H,21,25). The Morgan fingerprint density at radius 3 is 2.75 bits per heavy atom. The normalized spacial score (nSPS) is 13.7. The molecular formula is C19H25N5O4. The summed E-state index contributed by atoms with van der Waals surface area (Å²) in [6.07, 6.45) is 6.15. The lowest BCUT2D eigenvalue weighted by Crippen LogP contribution is -2.40. The van der Waals surface area contributed by atoms with E-state index in [9.17, 15) is 9.59 Å². The van der Waals surface area contributed by atoms with E-state index in [-0.39, 0.29) is 18.5 Å². The zero-order valence-electron chi connectivity index (χ0n) is 16.1. The number of aromatic nitrogens is 2. The molecule has 1 aromatic carbocycles. The van der Waals surface area contributed by atoms with Gasteiger partial charge in [-0.15, -0.1) is 0 Å². The van der Waals surface area contributed by atoms with Gasteiger partial charge < -0.3 is 24.3 Å². The number of hydrogen-bond acceptors (Lipinski definition) is 5. The Kier molecular flexibility index (Phi) is 6.36. The van der Waals surface area contributed by atoms with Gasteiger partial charge in [0.15, 0.2) is 11.5 Å². The lowest BCUT2D eigenvalue weighted by atomic mass is 10.2. The van der Waals surface area contributed by atoms with Crippen LogP contribution in [0, 0.1) is 0 Å². The summed E-state index contributed by atoms with van der Waals surface area (Å²) < 4.78 is 12.5. The first-order valence-corrected chi connectivity index (χ1v) is 9.13. The van der Waals surface area contributed by atoms with Crippen LogP contribution < -0.4 is 19.7 Å². The zero-order valence-corrected chi connectivity index (χ0v) is 16.1. The number of carbonyl (C=O) groups excluding carboxylic acids is 2. The van der Waals surface area contributed by atoms with Crippen molar-refractivity contribution in [3.8, 4) is 11.5 Å². The highest BCUT2D eigenvalue weighted by Crippen LogP contribution is 2.32. The summed E-state index contributed by atoms with van der Waals surface area (Å²) in [5.74, 6) is 1.000. The number of aryl methyl sites for hydroxylation is 1. The minimum absolute atomic E-state index is 0.0493. The molecule has 2 heterocycles. The van der Waals surface area contributed by atoms with Crippen LogP contribution in [0.2, 0.25) is 0 Å². The van der Waals surface area contributed by atoms with Gasteiger partial charge in [0.25, 0.3) is 0 Å². The van der Waals surface area contributed by atoms with E-state index in [0.29, 0.717) is 36.8 Å². The number of ether oxygens (including phenoxy) is 2. The van der Waals surface area contributed by atoms with Crippen molar-refractivity contribution in [2.45, 2.75) is 13.0 Å². The minimum atomic E-state index is -0.194. The third-order valence-electron chi connectivity index (χ3n) is 4.58. The van der Waals surface area contributed by atoms with E-state index in [1.54, 1.807) is 54.7 Å². The van der Waals surface area contributed by atoms with Gasteiger partial charge in [-0.2, -0.15) is 0 Å². The molecule has 150 valence electrons. The molecule has 1 fully saturated rings. The van der Waals surface area contributed by atoms with Crippen LogP contribution in [0.1, 0.15) is 6.42 Å². The van der Waals surface area contributed by atoms with Gasteiger partial charge in [-0.1, -0.05) is 0 Å². The van der Waals surface area contributed by atoms with Gasteiger partial charge in [-0.25, -0.2) is 9.78 Å². The number of nitrogens with zero attached hydrogens (tertiary/aromatic N) is 4. The van der Waals surface area contributed by atoms with Gasteiger partial charge in [0.1, 0.15) is 6.54 Å². The molecule has 0 bridgehead atoms. The number of carbonyl (C=O) groups is 2. The number of anilines is 1. The van der Waals surface area contributed by atoms with Crippen molar-refractivity contribution in [3.63, 3.8) is 0 Å². The maximum atomic E-state index is 12.7. The van der Waals surface area contributed by atoms with E-state index in [4.69, 9.17) is 9.47 Å². The molecule has 9 heteroatoms. The van der Waals surface area contributed by atoms with Crippen molar-refractivity contribution in [2.24, 2.45) is 0 Å². The largest absolute Gasteiger partial charge is 0.493 e. The molecule has 3 rings (SSSR count). The Bertz CT molecular complexity index is 809. The average molecular weight is 387 g/mol. The maximum absolute atomic E-state index is 12.7. The van der Waals surface area contributed by atoms with E-state index in [1.807, 2.05) is 10.8 Å². The molecule has 1 aliphatic heterocycles. The fourth-order valence-corrected chi connectivity index (χ4v) is 3.10. The van der Waals surface area contributed by atoms with E-state index >= 15 is 0 Å². The van der Waals surface area contributed by atoms with Gasteiger partial charge in [0.2, 0.25) is 5.91 Å². The fraction of sp³-hybridized carbons (Fsp3) is 0.421. The van der Waals surface area contributed by atoms with Gasteiger partial charge >= 0.3 is 6.03 Å². The van der Waals surface area contributed by atoms with Crippen LogP contribution in [0.25, 0.3) is 0 Å². The maximum Gasteiger partial charge on any atom is 0.325 e. The van der Waals surface area contributed by atoms with Gasteiger partial charge in [-0.05, 0) is 18.6 Å². The smallest absolute Gasteiger partial charge is 0.325 e. The van der Waals surface area contributed by atoms with E-state index < -0.39 is 0 Å². The van der Waals surface area contributed by atoms with Crippen LogP contribution in [-0.2, 0) is 11.3 Å². The van der Waals surface area contributed by atoms with Crippen molar-refractivity contribution < 1.29 is 19.1 Å². The molecule has 0 saturated carbocycles. The Labute approximate surface area is 163 Å². The van der Waals surface area contributed by atoms with E-state index in [1.165, 1.54) is 0 Å². The van der Waals surface area contributed by atoms with Crippen molar-refractivity contribution in [2.75, 3.05) is 45.3 Å². The molecule has 0 unspecified atom stereocenters. The van der Waals surface area contributed by atoms with Crippen molar-refractivity contribution >= 4 is 17.6 Å². The third-order valence-corrected chi connectivity index (χ3v) is 4.58. The van der Waals surface area contributed by atoms with Crippen LogP contribution in [0.4, 0.5) is 10.5 Å². The summed E-state index contributed by atoms with van der Waals surface area (Å²) in [6.45, 7) is 2.40. The first kappa shape index (κ1) is 19.5. The first-order chi connectivity index (χ1) is 13.6. The predicted molar refractivity (Wildman–Crippen MR) is 104 cm³/mol. The fourth-order valence-electron chi connectivity index (χ4n) is 3.10. The molecule has 28 heavy (non-hydrogen) atoms. The molecule has 0 radical (unpaired) electrons. The second kappa shape index (κ2) is 9.12. The highest BCUT2D eigenvalue weighted by Gasteiger charge is 2.31. The Morgan fingerprint density at radius 2 is 2.04 bits per heavy atom. The molecule has 1 saturated heterocycles. The third kappa shape index (κ3) is 4.54. The van der Waals surface area contributed by atoms with Crippen LogP contribution in [-0.4, -0.2) is 66.8 Å². The van der Waals surface area contributed by atoms with Crippen LogP contribution >= 0.6 is 0 Å². The SMILES string of the molecule is COc1ccc(N2CCN(CC(=O)NCCCn3ccnc3)C2=O)cc1OC. The monoisotopic (exact) mass is 387 g/mol. The summed E-state index contributed by atoms with van der Waals surface area (Å²) in [7, 11) is 3.12. The van der Waals surface area contributed by atoms with E-state index in [0.717, 1.165) is 13.0 Å². The number of amides is 3. The molecule has 1 aliphatic rings. The second-order valence-electron chi connectivity index (χ2n) is 6.40. The summed E-state index contributed by atoms with van der Waals surface area (Å²) >= 11 is 0. The van der Waals surface area contributed by atoms with Crippen molar-refractivity contribution in [1.82, 2.24) is 19.8 Å². The van der Waals surface area contributed by atoms with Crippen LogP contribution in [0.15, 0.2) is 36.9 Å². The Morgan fingerprint density at radius 1 is 1.21 bits per heavy atom. The lowest BCUT2D eigenvalue weighted by molar-refractivity contribution is -0.121. The number of imidazole rings is 1. The Balaban J connectivity index is 1.49. The molecule has 9 nitrogen and oxygen atoms in total. The first-order valence-electron chi connectivity index (χ1n) is 9.13. The summed E-state index contributed by atoms with van der Waals surface area (Å²) in [5.41, 5.74) is 0.714. The van der Waals surface area contributed by atoms with Gasteiger partial charge in [-0.3, -0.25) is 9.69 Å². The van der Waals surface area contributed by atoms with Crippen LogP contribution in [0.3, 0.4) is 0 Å². The Hall–Kier alpha value is -3.23. The summed E-state index contributed by atoms with van der Waals surface area (Å²) in [5, 5.41) is 2.86. The molecule has 1 aromatic heterocycles. The van der Waals surface area contributed by atoms with Gasteiger partial charge in [0.05, 0.1) is 20.5 Å². The number of benzene rings is 1. The van der Waals surface area contributed by atoms with Gasteiger partial charge in [0, 0.05) is 50.3 Å². The summed E-state index contributed by atoms with van der Waals surface area (Å²) in [6, 6.07) is 5.13. The number of urea groups is 1.